The molecule has 0 spiro atoms. The Kier molecular flexibility index (Phi) is 2.88. The van der Waals surface area contributed by atoms with Gasteiger partial charge in [0.1, 0.15) is 0 Å². The molecule has 0 aliphatic rings. The van der Waals surface area contributed by atoms with Gasteiger partial charge in [-0.25, -0.2) is 0 Å². The van der Waals surface area contributed by atoms with Crippen LogP contribution in [-0.2, 0) is 6.18 Å². The molecule has 1 radical (unpaired) electrons. The summed E-state index contributed by atoms with van der Waals surface area (Å²) in [6, 6.07) is 4.63. The van der Waals surface area contributed by atoms with Crippen LogP contribution in [0.5, 0.6) is 0 Å². The van der Waals surface area contributed by atoms with Crippen LogP contribution in [0, 0.1) is 12.8 Å². The van der Waals surface area contributed by atoms with Gasteiger partial charge < -0.3 is 0 Å². The van der Waals surface area contributed by atoms with E-state index >= 15 is 0 Å². The molecule has 0 N–H and O–H groups in total. The highest BCUT2D eigenvalue weighted by Crippen LogP contribution is 2.36. The van der Waals surface area contributed by atoms with Crippen molar-refractivity contribution in [2.45, 2.75) is 26.9 Å². The van der Waals surface area contributed by atoms with E-state index in [-0.39, 0.29) is 11.1 Å². The molecule has 0 atom stereocenters. The second kappa shape index (κ2) is 3.64. The summed E-state index contributed by atoms with van der Waals surface area (Å²) in [6.45, 7) is 4.85. The Balaban J connectivity index is 3.38. The van der Waals surface area contributed by atoms with Crippen molar-refractivity contribution >= 4 is 0 Å². The minimum Gasteiger partial charge on any atom is -0.166 e. The highest BCUT2D eigenvalue weighted by atomic mass is 19.4. The van der Waals surface area contributed by atoms with Gasteiger partial charge in [0.15, 0.2) is 0 Å². The molecular formula is C11H12F3. The first-order valence-corrected chi connectivity index (χ1v) is 4.31. The lowest BCUT2D eigenvalue weighted by Gasteiger charge is -2.17. The van der Waals surface area contributed by atoms with Crippen LogP contribution in [0.3, 0.4) is 0 Å². The number of alkyl halides is 3. The largest absolute Gasteiger partial charge is 0.416 e. The Bertz CT molecular complexity index is 324. The zero-order chi connectivity index (χ0) is 10.9. The van der Waals surface area contributed by atoms with Crippen LogP contribution in [0.1, 0.15) is 30.5 Å². The van der Waals surface area contributed by atoms with E-state index in [1.54, 1.807) is 19.9 Å². The van der Waals surface area contributed by atoms with Crippen molar-refractivity contribution in [1.82, 2.24) is 0 Å². The molecule has 0 aliphatic heterocycles. The highest BCUT2D eigenvalue weighted by molar-refractivity contribution is 5.43. The molecule has 0 aromatic heterocycles. The Morgan fingerprint density at radius 1 is 1.14 bits per heavy atom. The summed E-state index contributed by atoms with van der Waals surface area (Å²) >= 11 is 0. The van der Waals surface area contributed by atoms with Crippen molar-refractivity contribution in [2.24, 2.45) is 0 Å². The molecule has 1 aromatic carbocycles. The Morgan fingerprint density at radius 3 is 2.07 bits per heavy atom. The average molecular weight is 201 g/mol. The molecule has 0 amide bonds. The third kappa shape index (κ3) is 2.08. The summed E-state index contributed by atoms with van der Waals surface area (Å²) in [5.41, 5.74) is 0.0497. The quantitative estimate of drug-likeness (QED) is 0.644. The standard InChI is InChI=1S/C11H12F3/c1-7(2)9-6-4-5-8(3)10(9)11(12,13)14/h4-6H,1-3H3. The van der Waals surface area contributed by atoms with Crippen LogP contribution in [0.4, 0.5) is 13.2 Å². The first-order valence-electron chi connectivity index (χ1n) is 4.31. The topological polar surface area (TPSA) is 0 Å². The van der Waals surface area contributed by atoms with E-state index in [1.165, 1.54) is 19.1 Å². The normalized spacial score (nSPS) is 12.2. The number of halogens is 3. The van der Waals surface area contributed by atoms with E-state index in [4.69, 9.17) is 0 Å². The van der Waals surface area contributed by atoms with Crippen molar-refractivity contribution in [3.8, 4) is 0 Å². The van der Waals surface area contributed by atoms with Gasteiger partial charge in [0.05, 0.1) is 5.56 Å². The maximum absolute atomic E-state index is 12.7. The molecule has 0 bridgehead atoms. The van der Waals surface area contributed by atoms with E-state index in [0.717, 1.165) is 0 Å². The second-order valence-corrected chi connectivity index (χ2v) is 3.50. The molecule has 0 unspecified atom stereocenters. The number of benzene rings is 1. The van der Waals surface area contributed by atoms with E-state index < -0.39 is 11.7 Å². The smallest absolute Gasteiger partial charge is 0.166 e. The van der Waals surface area contributed by atoms with Crippen LogP contribution in [0.15, 0.2) is 18.2 Å². The third-order valence-electron chi connectivity index (χ3n) is 2.09. The lowest BCUT2D eigenvalue weighted by Crippen LogP contribution is -2.12. The van der Waals surface area contributed by atoms with Gasteiger partial charge in [-0.2, -0.15) is 13.2 Å². The van der Waals surface area contributed by atoms with Gasteiger partial charge in [-0.15, -0.1) is 0 Å². The van der Waals surface area contributed by atoms with Gasteiger partial charge in [0, 0.05) is 0 Å². The number of rotatable bonds is 1. The molecule has 0 saturated heterocycles. The number of aryl methyl sites for hydroxylation is 1. The minimum atomic E-state index is -4.27. The highest BCUT2D eigenvalue weighted by Gasteiger charge is 2.35. The molecule has 1 rings (SSSR count). The number of hydrogen-bond acceptors (Lipinski definition) is 0. The van der Waals surface area contributed by atoms with Crippen molar-refractivity contribution in [3.05, 3.63) is 40.8 Å². The zero-order valence-corrected chi connectivity index (χ0v) is 8.37. The van der Waals surface area contributed by atoms with E-state index in [2.05, 4.69) is 0 Å². The molecule has 0 nitrogen and oxygen atoms in total. The minimum absolute atomic E-state index is 0.274. The lowest BCUT2D eigenvalue weighted by molar-refractivity contribution is -0.138. The fourth-order valence-corrected chi connectivity index (χ4v) is 1.46. The van der Waals surface area contributed by atoms with Crippen LogP contribution in [0.2, 0.25) is 0 Å². The molecule has 3 heteroatoms. The fourth-order valence-electron chi connectivity index (χ4n) is 1.46. The van der Waals surface area contributed by atoms with Crippen LogP contribution >= 0.6 is 0 Å². The molecule has 0 aliphatic carbocycles. The summed E-state index contributed by atoms with van der Waals surface area (Å²) in [5.74, 6) is 0.682. The fraction of sp³-hybridized carbons (Fsp3) is 0.364. The van der Waals surface area contributed by atoms with Crippen molar-refractivity contribution in [1.29, 1.82) is 0 Å². The maximum atomic E-state index is 12.7. The molecule has 0 saturated carbocycles. The molecule has 14 heavy (non-hydrogen) atoms. The van der Waals surface area contributed by atoms with Gasteiger partial charge >= 0.3 is 6.18 Å². The maximum Gasteiger partial charge on any atom is 0.416 e. The van der Waals surface area contributed by atoms with E-state index in [0.29, 0.717) is 5.92 Å². The van der Waals surface area contributed by atoms with Crippen LogP contribution < -0.4 is 0 Å². The van der Waals surface area contributed by atoms with Crippen molar-refractivity contribution in [2.75, 3.05) is 0 Å². The Morgan fingerprint density at radius 2 is 1.71 bits per heavy atom. The Hall–Kier alpha value is -0.990. The van der Waals surface area contributed by atoms with Crippen LogP contribution in [0.25, 0.3) is 0 Å². The summed E-state index contributed by atoms with van der Waals surface area (Å²) in [6.07, 6.45) is -4.27. The Labute approximate surface area is 81.8 Å². The first kappa shape index (κ1) is 11.1. The summed E-state index contributed by atoms with van der Waals surface area (Å²) in [7, 11) is 0. The van der Waals surface area contributed by atoms with Gasteiger partial charge in [-0.05, 0) is 24.0 Å². The number of hydrogen-bond donors (Lipinski definition) is 0. The monoisotopic (exact) mass is 201 g/mol. The van der Waals surface area contributed by atoms with Crippen LogP contribution in [-0.4, -0.2) is 0 Å². The van der Waals surface area contributed by atoms with Gasteiger partial charge in [-0.3, -0.25) is 0 Å². The van der Waals surface area contributed by atoms with Gasteiger partial charge in [0.25, 0.3) is 0 Å². The van der Waals surface area contributed by atoms with Gasteiger partial charge in [0.2, 0.25) is 0 Å². The SMILES string of the molecule is C[C](C)c1cccc(C)c1C(F)(F)F. The van der Waals surface area contributed by atoms with E-state index in [9.17, 15) is 13.2 Å². The van der Waals surface area contributed by atoms with E-state index in [1.807, 2.05) is 0 Å². The zero-order valence-electron chi connectivity index (χ0n) is 8.37. The summed E-state index contributed by atoms with van der Waals surface area (Å²) < 4.78 is 38.0. The predicted octanol–water partition coefficient (Wildman–Crippen LogP) is 3.98. The summed E-state index contributed by atoms with van der Waals surface area (Å²) in [4.78, 5) is 0. The second-order valence-electron chi connectivity index (χ2n) is 3.50. The average Bonchev–Trinajstić information content (AvgIpc) is 2.01. The van der Waals surface area contributed by atoms with Gasteiger partial charge in [-0.1, -0.05) is 32.0 Å². The van der Waals surface area contributed by atoms with Crippen molar-refractivity contribution in [3.63, 3.8) is 0 Å². The molecule has 0 heterocycles. The third-order valence-corrected chi connectivity index (χ3v) is 2.09. The summed E-state index contributed by atoms with van der Waals surface area (Å²) in [5, 5.41) is 0. The first-order chi connectivity index (χ1) is 6.34. The molecular weight excluding hydrogens is 189 g/mol. The molecule has 0 fully saturated rings. The predicted molar refractivity (Wildman–Crippen MR) is 49.9 cm³/mol. The lowest BCUT2D eigenvalue weighted by atomic mass is 9.93. The molecule has 77 valence electrons. The molecule has 1 aromatic rings. The van der Waals surface area contributed by atoms with Crippen molar-refractivity contribution < 1.29 is 13.2 Å².